The zero-order chi connectivity index (χ0) is 17.2. The SMILES string of the molecule is O=C(N[C@H]1CCCN(c2ncc[nH]c2=O)C1)c1coc2ccccc12. The number of carbonyl (C=O) groups is 1. The summed E-state index contributed by atoms with van der Waals surface area (Å²) in [6.45, 7) is 1.31. The minimum Gasteiger partial charge on any atom is -0.463 e. The van der Waals surface area contributed by atoms with Gasteiger partial charge in [-0.15, -0.1) is 0 Å². The Kier molecular flexibility index (Phi) is 3.97. The predicted molar refractivity (Wildman–Crippen MR) is 93.8 cm³/mol. The fourth-order valence-electron chi connectivity index (χ4n) is 3.27. The van der Waals surface area contributed by atoms with E-state index >= 15 is 0 Å². The molecule has 1 aromatic carbocycles. The van der Waals surface area contributed by atoms with E-state index in [2.05, 4.69) is 15.3 Å². The van der Waals surface area contributed by atoms with Crippen LogP contribution in [0.4, 0.5) is 5.82 Å². The molecule has 0 bridgehead atoms. The Morgan fingerprint density at radius 3 is 3.12 bits per heavy atom. The van der Waals surface area contributed by atoms with E-state index in [-0.39, 0.29) is 17.5 Å². The summed E-state index contributed by atoms with van der Waals surface area (Å²) < 4.78 is 5.44. The Labute approximate surface area is 143 Å². The van der Waals surface area contributed by atoms with Crippen LogP contribution in [-0.2, 0) is 0 Å². The monoisotopic (exact) mass is 338 g/mol. The Morgan fingerprint density at radius 1 is 1.36 bits per heavy atom. The molecule has 2 aromatic heterocycles. The molecule has 7 heteroatoms. The number of benzene rings is 1. The van der Waals surface area contributed by atoms with E-state index in [1.807, 2.05) is 29.2 Å². The minimum atomic E-state index is -0.213. The Morgan fingerprint density at radius 2 is 2.24 bits per heavy atom. The zero-order valence-electron chi connectivity index (χ0n) is 13.6. The molecular weight excluding hydrogens is 320 g/mol. The first-order valence-electron chi connectivity index (χ1n) is 8.28. The molecule has 128 valence electrons. The molecule has 25 heavy (non-hydrogen) atoms. The number of piperidine rings is 1. The average Bonchev–Trinajstić information content (AvgIpc) is 3.06. The van der Waals surface area contributed by atoms with Crippen molar-refractivity contribution >= 4 is 22.7 Å². The van der Waals surface area contributed by atoms with Crippen LogP contribution in [0.1, 0.15) is 23.2 Å². The van der Waals surface area contributed by atoms with E-state index in [0.717, 1.165) is 24.8 Å². The molecule has 1 amide bonds. The maximum absolute atomic E-state index is 12.6. The molecule has 1 atom stereocenters. The van der Waals surface area contributed by atoms with Gasteiger partial charge in [0.1, 0.15) is 11.8 Å². The Hall–Kier alpha value is -3.09. The van der Waals surface area contributed by atoms with E-state index in [4.69, 9.17) is 4.42 Å². The molecule has 4 rings (SSSR count). The summed E-state index contributed by atoms with van der Waals surface area (Å²) in [6.07, 6.45) is 6.31. The van der Waals surface area contributed by atoms with Crippen molar-refractivity contribution in [1.82, 2.24) is 15.3 Å². The first-order valence-corrected chi connectivity index (χ1v) is 8.28. The lowest BCUT2D eigenvalue weighted by atomic mass is 10.0. The van der Waals surface area contributed by atoms with Crippen LogP contribution >= 0.6 is 0 Å². The highest BCUT2D eigenvalue weighted by Crippen LogP contribution is 2.21. The first-order chi connectivity index (χ1) is 12.2. The van der Waals surface area contributed by atoms with Gasteiger partial charge in [0.25, 0.3) is 11.5 Å². The van der Waals surface area contributed by atoms with Gasteiger partial charge in [-0.05, 0) is 18.9 Å². The normalized spacial score (nSPS) is 17.6. The molecule has 1 fully saturated rings. The van der Waals surface area contributed by atoms with Crippen molar-refractivity contribution in [3.8, 4) is 0 Å². The average molecular weight is 338 g/mol. The topological polar surface area (TPSA) is 91.2 Å². The molecule has 0 unspecified atom stereocenters. The lowest BCUT2D eigenvalue weighted by Crippen LogP contribution is -2.49. The van der Waals surface area contributed by atoms with Crippen LogP contribution in [0.25, 0.3) is 11.0 Å². The van der Waals surface area contributed by atoms with E-state index in [9.17, 15) is 9.59 Å². The van der Waals surface area contributed by atoms with Crippen LogP contribution in [0.2, 0.25) is 0 Å². The van der Waals surface area contributed by atoms with Gasteiger partial charge in [-0.25, -0.2) is 4.98 Å². The highest BCUT2D eigenvalue weighted by atomic mass is 16.3. The maximum Gasteiger partial charge on any atom is 0.290 e. The molecule has 1 aliphatic heterocycles. The largest absolute Gasteiger partial charge is 0.463 e. The quantitative estimate of drug-likeness (QED) is 0.761. The molecule has 0 saturated carbocycles. The molecular formula is C18H18N4O3. The van der Waals surface area contributed by atoms with Crippen molar-refractivity contribution in [2.45, 2.75) is 18.9 Å². The number of nitrogens with one attached hydrogen (secondary N) is 2. The van der Waals surface area contributed by atoms with Crippen LogP contribution in [-0.4, -0.2) is 35.0 Å². The van der Waals surface area contributed by atoms with E-state index < -0.39 is 0 Å². The van der Waals surface area contributed by atoms with Crippen LogP contribution in [0.3, 0.4) is 0 Å². The van der Waals surface area contributed by atoms with Crippen LogP contribution in [0, 0.1) is 0 Å². The molecule has 3 heterocycles. The summed E-state index contributed by atoms with van der Waals surface area (Å²) in [5, 5.41) is 3.85. The molecule has 0 spiro atoms. The van der Waals surface area contributed by atoms with Crippen molar-refractivity contribution in [1.29, 1.82) is 0 Å². The molecule has 7 nitrogen and oxygen atoms in total. The van der Waals surface area contributed by atoms with E-state index in [0.29, 0.717) is 23.5 Å². The Bertz CT molecular complexity index is 962. The lowest BCUT2D eigenvalue weighted by Gasteiger charge is -2.33. The Balaban J connectivity index is 1.50. The number of hydrogen-bond acceptors (Lipinski definition) is 5. The third-order valence-corrected chi connectivity index (χ3v) is 4.47. The number of carbonyl (C=O) groups excluding carboxylic acids is 1. The van der Waals surface area contributed by atoms with Gasteiger partial charge in [0.2, 0.25) is 0 Å². The second kappa shape index (κ2) is 6.43. The number of para-hydroxylation sites is 1. The van der Waals surface area contributed by atoms with E-state index in [1.165, 1.54) is 12.5 Å². The molecule has 1 saturated heterocycles. The molecule has 1 aliphatic rings. The van der Waals surface area contributed by atoms with Crippen molar-refractivity contribution < 1.29 is 9.21 Å². The summed E-state index contributed by atoms with van der Waals surface area (Å²) in [5.41, 5.74) is 1.01. The van der Waals surface area contributed by atoms with Gasteiger partial charge in [-0.1, -0.05) is 18.2 Å². The van der Waals surface area contributed by atoms with Crippen LogP contribution in [0.15, 0.2) is 52.1 Å². The zero-order valence-corrected chi connectivity index (χ0v) is 13.6. The fraction of sp³-hybridized carbons (Fsp3) is 0.278. The highest BCUT2D eigenvalue weighted by Gasteiger charge is 2.25. The number of amides is 1. The fourth-order valence-corrected chi connectivity index (χ4v) is 3.27. The lowest BCUT2D eigenvalue weighted by molar-refractivity contribution is 0.0934. The summed E-state index contributed by atoms with van der Waals surface area (Å²) in [6, 6.07) is 7.41. The van der Waals surface area contributed by atoms with Gasteiger partial charge >= 0.3 is 0 Å². The highest BCUT2D eigenvalue weighted by molar-refractivity contribution is 6.06. The van der Waals surface area contributed by atoms with Gasteiger partial charge in [-0.3, -0.25) is 9.59 Å². The third kappa shape index (κ3) is 3.00. The van der Waals surface area contributed by atoms with E-state index in [1.54, 1.807) is 6.20 Å². The van der Waals surface area contributed by atoms with Crippen molar-refractivity contribution in [2.24, 2.45) is 0 Å². The number of furan rings is 1. The minimum absolute atomic E-state index is 0.0451. The van der Waals surface area contributed by atoms with Crippen LogP contribution in [0.5, 0.6) is 0 Å². The van der Waals surface area contributed by atoms with Gasteiger partial charge < -0.3 is 19.6 Å². The number of anilines is 1. The van der Waals surface area contributed by atoms with Gasteiger partial charge in [0, 0.05) is 36.9 Å². The van der Waals surface area contributed by atoms with Gasteiger partial charge in [0.05, 0.1) is 5.56 Å². The number of aromatic nitrogens is 2. The summed E-state index contributed by atoms with van der Waals surface area (Å²) in [4.78, 5) is 33.3. The number of nitrogens with zero attached hydrogens (tertiary/aromatic N) is 2. The maximum atomic E-state index is 12.6. The molecule has 3 aromatic rings. The predicted octanol–water partition coefficient (Wildman–Crippen LogP) is 1.91. The van der Waals surface area contributed by atoms with Crippen molar-refractivity contribution in [3.05, 3.63) is 58.8 Å². The van der Waals surface area contributed by atoms with Crippen molar-refractivity contribution in [2.75, 3.05) is 18.0 Å². The van der Waals surface area contributed by atoms with Crippen LogP contribution < -0.4 is 15.8 Å². The number of H-pyrrole nitrogens is 1. The smallest absolute Gasteiger partial charge is 0.290 e. The first kappa shape index (κ1) is 15.4. The summed E-state index contributed by atoms with van der Waals surface area (Å²) in [5.74, 6) is 0.238. The molecule has 2 N–H and O–H groups in total. The summed E-state index contributed by atoms with van der Waals surface area (Å²) in [7, 11) is 0. The number of hydrogen-bond donors (Lipinski definition) is 2. The molecule has 0 radical (unpaired) electrons. The number of fused-ring (bicyclic) bond motifs is 1. The number of aromatic amines is 1. The third-order valence-electron chi connectivity index (χ3n) is 4.47. The summed E-state index contributed by atoms with van der Waals surface area (Å²) >= 11 is 0. The van der Waals surface area contributed by atoms with Crippen molar-refractivity contribution in [3.63, 3.8) is 0 Å². The molecule has 0 aliphatic carbocycles. The second-order valence-electron chi connectivity index (χ2n) is 6.15. The second-order valence-corrected chi connectivity index (χ2v) is 6.15. The number of rotatable bonds is 3. The van der Waals surface area contributed by atoms with Gasteiger partial charge in [0.15, 0.2) is 5.82 Å². The standard InChI is InChI=1S/C18H18N4O3/c23-17(14-11-25-15-6-2-1-5-13(14)15)21-12-4-3-9-22(10-12)16-18(24)20-8-7-19-16/h1-2,5-8,11-12H,3-4,9-10H2,(H,20,24)(H,21,23)/t12-/m0/s1. The van der Waals surface area contributed by atoms with Gasteiger partial charge in [-0.2, -0.15) is 0 Å².